The fourth-order valence-corrected chi connectivity index (χ4v) is 4.63. The number of aromatic nitrogens is 1. The van der Waals surface area contributed by atoms with Crippen LogP contribution in [-0.4, -0.2) is 4.98 Å². The highest BCUT2D eigenvalue weighted by atomic mass is 14.7. The topological polar surface area (TPSA) is 12.9 Å². The van der Waals surface area contributed by atoms with Gasteiger partial charge in [0.05, 0.1) is 5.69 Å². The fraction of sp³-hybridized carbons (Fsp3) is 0.222. The number of benzene rings is 3. The van der Waals surface area contributed by atoms with Gasteiger partial charge in [-0.25, -0.2) is 0 Å². The van der Waals surface area contributed by atoms with Gasteiger partial charge >= 0.3 is 0 Å². The second kappa shape index (κ2) is 6.60. The smallest absolute Gasteiger partial charge is 0.0783 e. The highest BCUT2D eigenvalue weighted by Gasteiger charge is 2.23. The zero-order valence-electron chi connectivity index (χ0n) is 16.8. The van der Waals surface area contributed by atoms with Crippen LogP contribution >= 0.6 is 0 Å². The fourth-order valence-electron chi connectivity index (χ4n) is 4.63. The molecular formula is C27H25N. The third-order valence-electron chi connectivity index (χ3n) is 5.80. The van der Waals surface area contributed by atoms with Crippen LogP contribution in [0.25, 0.3) is 33.2 Å². The second-order valence-electron chi connectivity index (χ2n) is 8.49. The molecule has 138 valence electrons. The van der Waals surface area contributed by atoms with Crippen LogP contribution in [0.15, 0.2) is 66.9 Å². The van der Waals surface area contributed by atoms with Crippen LogP contribution in [-0.2, 0) is 12.8 Å². The molecule has 0 aliphatic heterocycles. The van der Waals surface area contributed by atoms with E-state index >= 15 is 0 Å². The van der Waals surface area contributed by atoms with Crippen molar-refractivity contribution in [3.05, 3.63) is 89.1 Å². The van der Waals surface area contributed by atoms with E-state index in [1.807, 2.05) is 6.20 Å². The molecule has 0 unspecified atom stereocenters. The average molecular weight is 364 g/mol. The van der Waals surface area contributed by atoms with Crippen LogP contribution in [0, 0.1) is 12.8 Å². The van der Waals surface area contributed by atoms with Crippen molar-refractivity contribution in [3.8, 4) is 22.4 Å². The molecule has 0 spiro atoms. The maximum atomic E-state index is 4.85. The van der Waals surface area contributed by atoms with E-state index in [2.05, 4.69) is 81.4 Å². The Morgan fingerprint density at radius 1 is 0.893 bits per heavy atom. The van der Waals surface area contributed by atoms with Gasteiger partial charge < -0.3 is 0 Å². The predicted molar refractivity (Wildman–Crippen MR) is 119 cm³/mol. The van der Waals surface area contributed by atoms with E-state index in [9.17, 15) is 0 Å². The molecule has 1 aliphatic carbocycles. The minimum Gasteiger partial charge on any atom is -0.256 e. The standard InChI is InChI=1S/C27H25N/c1-17(2)12-19-8-9-23-21(15-19)10-11-28-27(23)26-14-18(3)13-24-22-7-5-4-6-20(22)16-25(24)26/h4-11,13-15,17H,12,16H2,1-3H3. The van der Waals surface area contributed by atoms with Gasteiger partial charge in [-0.3, -0.25) is 4.98 Å². The predicted octanol–water partition coefficient (Wildman–Crippen LogP) is 6.98. The first kappa shape index (κ1) is 17.2. The first-order chi connectivity index (χ1) is 13.6. The van der Waals surface area contributed by atoms with Gasteiger partial charge in [0.1, 0.15) is 0 Å². The molecule has 3 aromatic carbocycles. The van der Waals surface area contributed by atoms with E-state index in [4.69, 9.17) is 4.98 Å². The molecule has 0 saturated heterocycles. The first-order valence-electron chi connectivity index (χ1n) is 10.2. The van der Waals surface area contributed by atoms with Gasteiger partial charge in [-0.1, -0.05) is 62.4 Å². The lowest BCUT2D eigenvalue weighted by Crippen LogP contribution is -1.96. The summed E-state index contributed by atoms with van der Waals surface area (Å²) in [5.74, 6) is 0.664. The van der Waals surface area contributed by atoms with Crippen molar-refractivity contribution in [2.45, 2.75) is 33.6 Å². The monoisotopic (exact) mass is 363 g/mol. The van der Waals surface area contributed by atoms with Crippen molar-refractivity contribution < 1.29 is 0 Å². The molecule has 28 heavy (non-hydrogen) atoms. The number of hydrogen-bond donors (Lipinski definition) is 0. The van der Waals surface area contributed by atoms with E-state index in [0.717, 1.165) is 18.5 Å². The molecular weight excluding hydrogens is 338 g/mol. The van der Waals surface area contributed by atoms with Gasteiger partial charge in [-0.2, -0.15) is 0 Å². The van der Waals surface area contributed by atoms with Crippen LogP contribution in [0.2, 0.25) is 0 Å². The van der Waals surface area contributed by atoms with Gasteiger partial charge in [0, 0.05) is 17.1 Å². The Morgan fingerprint density at radius 3 is 2.57 bits per heavy atom. The first-order valence-corrected chi connectivity index (χ1v) is 10.2. The SMILES string of the molecule is Cc1cc2c(c(-c3nccc4cc(CC(C)C)ccc34)c1)Cc1ccccc1-2. The minimum atomic E-state index is 0.664. The largest absolute Gasteiger partial charge is 0.256 e. The summed E-state index contributed by atoms with van der Waals surface area (Å²) in [5, 5.41) is 2.53. The zero-order chi connectivity index (χ0) is 19.3. The lowest BCUT2D eigenvalue weighted by molar-refractivity contribution is 0.648. The minimum absolute atomic E-state index is 0.664. The van der Waals surface area contributed by atoms with Crippen LogP contribution in [0.5, 0.6) is 0 Å². The summed E-state index contributed by atoms with van der Waals surface area (Å²) in [5.41, 5.74) is 10.7. The van der Waals surface area contributed by atoms with E-state index in [0.29, 0.717) is 5.92 Å². The molecule has 1 aromatic heterocycles. The van der Waals surface area contributed by atoms with Crippen molar-refractivity contribution in [3.63, 3.8) is 0 Å². The van der Waals surface area contributed by atoms with Crippen molar-refractivity contribution in [2.75, 3.05) is 0 Å². The average Bonchev–Trinajstić information content (AvgIpc) is 3.05. The number of hydrogen-bond acceptors (Lipinski definition) is 1. The summed E-state index contributed by atoms with van der Waals surface area (Å²) >= 11 is 0. The summed E-state index contributed by atoms with van der Waals surface area (Å²) in [6, 6.07) is 22.5. The van der Waals surface area contributed by atoms with Crippen molar-refractivity contribution >= 4 is 10.8 Å². The van der Waals surface area contributed by atoms with Crippen molar-refractivity contribution in [1.29, 1.82) is 0 Å². The summed E-state index contributed by atoms with van der Waals surface area (Å²) in [7, 11) is 0. The summed E-state index contributed by atoms with van der Waals surface area (Å²) in [4.78, 5) is 4.85. The Balaban J connectivity index is 1.71. The number of nitrogens with zero attached hydrogens (tertiary/aromatic N) is 1. The molecule has 0 amide bonds. The van der Waals surface area contributed by atoms with Gasteiger partial charge in [-0.15, -0.1) is 0 Å². The normalized spacial score (nSPS) is 12.4. The number of aryl methyl sites for hydroxylation is 1. The van der Waals surface area contributed by atoms with Crippen molar-refractivity contribution in [2.24, 2.45) is 5.92 Å². The van der Waals surface area contributed by atoms with Gasteiger partial charge in [0.25, 0.3) is 0 Å². The van der Waals surface area contributed by atoms with Crippen LogP contribution in [0.1, 0.15) is 36.1 Å². The van der Waals surface area contributed by atoms with E-state index in [-0.39, 0.29) is 0 Å². The van der Waals surface area contributed by atoms with E-state index in [1.165, 1.54) is 49.7 Å². The second-order valence-corrected chi connectivity index (χ2v) is 8.49. The van der Waals surface area contributed by atoms with Gasteiger partial charge in [0.15, 0.2) is 0 Å². The Kier molecular flexibility index (Phi) is 4.05. The molecule has 1 nitrogen and oxygen atoms in total. The summed E-state index contributed by atoms with van der Waals surface area (Å²) in [6.07, 6.45) is 4.07. The molecule has 1 heterocycles. The molecule has 0 atom stereocenters. The quantitative estimate of drug-likeness (QED) is 0.337. The lowest BCUT2D eigenvalue weighted by Gasteiger charge is -2.13. The summed E-state index contributed by atoms with van der Waals surface area (Å²) in [6.45, 7) is 6.74. The molecule has 1 heteroatoms. The Hall–Kier alpha value is -2.93. The molecule has 0 N–H and O–H groups in total. The Bertz CT molecular complexity index is 1200. The molecule has 0 saturated carbocycles. The van der Waals surface area contributed by atoms with E-state index in [1.54, 1.807) is 0 Å². The Morgan fingerprint density at radius 2 is 1.71 bits per heavy atom. The molecule has 0 bridgehead atoms. The third-order valence-corrected chi connectivity index (χ3v) is 5.80. The lowest BCUT2D eigenvalue weighted by atomic mass is 9.93. The molecule has 0 radical (unpaired) electrons. The number of fused-ring (bicyclic) bond motifs is 4. The van der Waals surface area contributed by atoms with Crippen LogP contribution < -0.4 is 0 Å². The highest BCUT2D eigenvalue weighted by molar-refractivity contribution is 5.97. The molecule has 4 aromatic rings. The van der Waals surface area contributed by atoms with Crippen LogP contribution in [0.3, 0.4) is 0 Å². The van der Waals surface area contributed by atoms with E-state index < -0.39 is 0 Å². The zero-order valence-corrected chi connectivity index (χ0v) is 16.8. The number of rotatable bonds is 3. The van der Waals surface area contributed by atoms with Gasteiger partial charge in [-0.05, 0) is 76.6 Å². The third kappa shape index (κ3) is 2.82. The Labute approximate surface area is 167 Å². The maximum absolute atomic E-state index is 4.85. The molecule has 1 aliphatic rings. The maximum Gasteiger partial charge on any atom is 0.0783 e. The van der Waals surface area contributed by atoms with Gasteiger partial charge in [0.2, 0.25) is 0 Å². The van der Waals surface area contributed by atoms with Crippen molar-refractivity contribution in [1.82, 2.24) is 4.98 Å². The number of pyridine rings is 1. The molecule has 0 fully saturated rings. The summed E-state index contributed by atoms with van der Waals surface area (Å²) < 4.78 is 0. The molecule has 5 rings (SSSR count). The highest BCUT2D eigenvalue weighted by Crippen LogP contribution is 2.43. The van der Waals surface area contributed by atoms with Crippen LogP contribution in [0.4, 0.5) is 0 Å².